The molecular weight excluding hydrogens is 238 g/mol. The zero-order valence-corrected chi connectivity index (χ0v) is 11.9. The first-order chi connectivity index (χ1) is 9.10. The van der Waals surface area contributed by atoms with Gasteiger partial charge in [-0.1, -0.05) is 37.6 Å². The third-order valence-electron chi connectivity index (χ3n) is 3.37. The van der Waals surface area contributed by atoms with Crippen LogP contribution in [0.5, 0.6) is 0 Å². The molecule has 1 aromatic carbocycles. The molecule has 0 saturated heterocycles. The summed E-state index contributed by atoms with van der Waals surface area (Å²) in [6.07, 6.45) is 2.12. The number of nitrogens with zero attached hydrogens (tertiary/aromatic N) is 1. The number of nitrogens with two attached hydrogens (primary N) is 2. The van der Waals surface area contributed by atoms with Gasteiger partial charge in [-0.05, 0) is 31.0 Å². The SMILES string of the molecule is CCCCN(CC(N)=O)C(CN)c1ccccc1C. The molecule has 0 aliphatic heterocycles. The van der Waals surface area contributed by atoms with E-state index in [2.05, 4.69) is 30.9 Å². The van der Waals surface area contributed by atoms with Gasteiger partial charge < -0.3 is 11.5 Å². The highest BCUT2D eigenvalue weighted by atomic mass is 16.1. The molecule has 0 spiro atoms. The molecule has 1 atom stereocenters. The van der Waals surface area contributed by atoms with Crippen molar-refractivity contribution in [2.75, 3.05) is 19.6 Å². The average Bonchev–Trinajstić information content (AvgIpc) is 2.38. The first kappa shape index (κ1) is 15.7. The first-order valence-electron chi connectivity index (χ1n) is 6.88. The highest BCUT2D eigenvalue weighted by Gasteiger charge is 2.21. The molecule has 4 nitrogen and oxygen atoms in total. The lowest BCUT2D eigenvalue weighted by atomic mass is 9.99. The number of carbonyl (C=O) groups excluding carboxylic acids is 1. The third-order valence-corrected chi connectivity index (χ3v) is 3.37. The van der Waals surface area contributed by atoms with E-state index in [9.17, 15) is 4.79 Å². The molecule has 0 aliphatic carbocycles. The number of hydrogen-bond donors (Lipinski definition) is 2. The Hall–Kier alpha value is -1.39. The number of primary amides is 1. The molecule has 106 valence electrons. The van der Waals surface area contributed by atoms with E-state index in [-0.39, 0.29) is 18.5 Å². The van der Waals surface area contributed by atoms with E-state index >= 15 is 0 Å². The van der Waals surface area contributed by atoms with Crippen LogP contribution in [0.2, 0.25) is 0 Å². The van der Waals surface area contributed by atoms with E-state index in [0.29, 0.717) is 6.54 Å². The third kappa shape index (κ3) is 4.65. The van der Waals surface area contributed by atoms with Crippen LogP contribution < -0.4 is 11.5 Å². The van der Waals surface area contributed by atoms with Crippen molar-refractivity contribution >= 4 is 5.91 Å². The second-order valence-corrected chi connectivity index (χ2v) is 4.90. The molecule has 0 aliphatic rings. The maximum Gasteiger partial charge on any atom is 0.231 e. The Bertz CT molecular complexity index is 406. The van der Waals surface area contributed by atoms with Gasteiger partial charge in [-0.3, -0.25) is 9.69 Å². The normalized spacial score (nSPS) is 12.6. The van der Waals surface area contributed by atoms with Crippen LogP contribution in [0.3, 0.4) is 0 Å². The van der Waals surface area contributed by atoms with Gasteiger partial charge >= 0.3 is 0 Å². The van der Waals surface area contributed by atoms with Crippen LogP contribution in [0, 0.1) is 6.92 Å². The summed E-state index contributed by atoms with van der Waals surface area (Å²) in [6.45, 7) is 5.79. The standard InChI is InChI=1S/C15H25N3O/c1-3-4-9-18(11-15(17)19)14(10-16)13-8-6-5-7-12(13)2/h5-8,14H,3-4,9-11,16H2,1-2H3,(H2,17,19). The van der Waals surface area contributed by atoms with Gasteiger partial charge in [0, 0.05) is 12.6 Å². The number of aryl methyl sites for hydroxylation is 1. The maximum atomic E-state index is 11.2. The molecule has 0 saturated carbocycles. The number of unbranched alkanes of at least 4 members (excludes halogenated alkanes) is 1. The quantitative estimate of drug-likeness (QED) is 0.748. The monoisotopic (exact) mass is 263 g/mol. The van der Waals surface area contributed by atoms with E-state index in [0.717, 1.165) is 19.4 Å². The summed E-state index contributed by atoms with van der Waals surface area (Å²) in [5.41, 5.74) is 13.7. The van der Waals surface area contributed by atoms with Crippen molar-refractivity contribution < 1.29 is 4.79 Å². The average molecular weight is 263 g/mol. The van der Waals surface area contributed by atoms with Crippen molar-refractivity contribution in [3.63, 3.8) is 0 Å². The summed E-state index contributed by atoms with van der Waals surface area (Å²) < 4.78 is 0. The second kappa shape index (κ2) is 7.92. The van der Waals surface area contributed by atoms with Gasteiger partial charge in [0.25, 0.3) is 0 Å². The Morgan fingerprint density at radius 2 is 2.05 bits per heavy atom. The summed E-state index contributed by atoms with van der Waals surface area (Å²) in [6, 6.07) is 8.22. The van der Waals surface area contributed by atoms with Crippen molar-refractivity contribution in [3.05, 3.63) is 35.4 Å². The fourth-order valence-electron chi connectivity index (χ4n) is 2.34. The van der Waals surface area contributed by atoms with Crippen LogP contribution in [-0.2, 0) is 4.79 Å². The fraction of sp³-hybridized carbons (Fsp3) is 0.533. The fourth-order valence-corrected chi connectivity index (χ4v) is 2.34. The molecule has 19 heavy (non-hydrogen) atoms. The largest absolute Gasteiger partial charge is 0.369 e. The van der Waals surface area contributed by atoms with E-state index in [1.807, 2.05) is 12.1 Å². The smallest absolute Gasteiger partial charge is 0.231 e. The van der Waals surface area contributed by atoms with Gasteiger partial charge in [0.1, 0.15) is 0 Å². The van der Waals surface area contributed by atoms with E-state index in [1.165, 1.54) is 11.1 Å². The van der Waals surface area contributed by atoms with Crippen molar-refractivity contribution in [1.29, 1.82) is 0 Å². The molecule has 4 N–H and O–H groups in total. The zero-order valence-electron chi connectivity index (χ0n) is 11.9. The van der Waals surface area contributed by atoms with Gasteiger partial charge in [-0.15, -0.1) is 0 Å². The topological polar surface area (TPSA) is 72.3 Å². The van der Waals surface area contributed by atoms with Crippen LogP contribution in [0.25, 0.3) is 0 Å². The van der Waals surface area contributed by atoms with Gasteiger partial charge in [0.2, 0.25) is 5.91 Å². The lowest BCUT2D eigenvalue weighted by molar-refractivity contribution is -0.119. The minimum atomic E-state index is -0.303. The van der Waals surface area contributed by atoms with E-state index in [4.69, 9.17) is 11.5 Å². The molecule has 0 fully saturated rings. The van der Waals surface area contributed by atoms with Gasteiger partial charge in [-0.25, -0.2) is 0 Å². The number of amides is 1. The van der Waals surface area contributed by atoms with Crippen molar-refractivity contribution in [1.82, 2.24) is 4.90 Å². The Morgan fingerprint density at radius 3 is 2.58 bits per heavy atom. The van der Waals surface area contributed by atoms with Crippen molar-refractivity contribution in [3.8, 4) is 0 Å². The molecule has 1 unspecified atom stereocenters. The minimum absolute atomic E-state index is 0.0558. The Kier molecular flexibility index (Phi) is 6.53. The molecule has 0 aromatic heterocycles. The van der Waals surface area contributed by atoms with Crippen LogP contribution in [0.4, 0.5) is 0 Å². The Balaban J connectivity index is 2.94. The summed E-state index contributed by atoms with van der Waals surface area (Å²) in [7, 11) is 0. The molecular formula is C15H25N3O. The molecule has 0 heterocycles. The van der Waals surface area contributed by atoms with Gasteiger partial charge in [0.15, 0.2) is 0 Å². The van der Waals surface area contributed by atoms with Crippen LogP contribution in [-0.4, -0.2) is 30.4 Å². The molecule has 1 rings (SSSR count). The van der Waals surface area contributed by atoms with Crippen molar-refractivity contribution in [2.45, 2.75) is 32.7 Å². The predicted molar refractivity (Wildman–Crippen MR) is 78.6 cm³/mol. The summed E-state index contributed by atoms with van der Waals surface area (Å²) in [4.78, 5) is 13.3. The number of carbonyl (C=O) groups is 1. The summed E-state index contributed by atoms with van der Waals surface area (Å²) >= 11 is 0. The Labute approximate surface area is 115 Å². The van der Waals surface area contributed by atoms with Crippen LogP contribution in [0.15, 0.2) is 24.3 Å². The molecule has 1 aromatic rings. The Morgan fingerprint density at radius 1 is 1.37 bits per heavy atom. The minimum Gasteiger partial charge on any atom is -0.369 e. The zero-order chi connectivity index (χ0) is 14.3. The van der Waals surface area contributed by atoms with Crippen molar-refractivity contribution in [2.24, 2.45) is 11.5 Å². The van der Waals surface area contributed by atoms with Crippen LogP contribution in [0.1, 0.15) is 36.9 Å². The predicted octanol–water partition coefficient (Wildman–Crippen LogP) is 1.58. The van der Waals surface area contributed by atoms with E-state index < -0.39 is 0 Å². The molecule has 0 bridgehead atoms. The highest BCUT2D eigenvalue weighted by Crippen LogP contribution is 2.23. The van der Waals surface area contributed by atoms with Gasteiger partial charge in [-0.2, -0.15) is 0 Å². The number of benzene rings is 1. The van der Waals surface area contributed by atoms with E-state index in [1.54, 1.807) is 0 Å². The van der Waals surface area contributed by atoms with Gasteiger partial charge in [0.05, 0.1) is 6.54 Å². The summed E-state index contributed by atoms with van der Waals surface area (Å²) in [5, 5.41) is 0. The van der Waals surface area contributed by atoms with Crippen LogP contribution >= 0.6 is 0 Å². The first-order valence-corrected chi connectivity index (χ1v) is 6.88. The molecule has 1 amide bonds. The number of hydrogen-bond acceptors (Lipinski definition) is 3. The molecule has 4 heteroatoms. The molecule has 0 radical (unpaired) electrons. The highest BCUT2D eigenvalue weighted by molar-refractivity contribution is 5.76. The number of rotatable bonds is 8. The second-order valence-electron chi connectivity index (χ2n) is 4.90. The maximum absolute atomic E-state index is 11.2. The summed E-state index contributed by atoms with van der Waals surface area (Å²) in [5.74, 6) is -0.303. The lowest BCUT2D eigenvalue weighted by Gasteiger charge is -2.31. The lowest BCUT2D eigenvalue weighted by Crippen LogP contribution is -2.40.